The Hall–Kier alpha value is -0.830. The van der Waals surface area contributed by atoms with Crippen molar-refractivity contribution in [1.29, 1.82) is 0 Å². The maximum Gasteiger partial charge on any atom is 0.316 e. The van der Waals surface area contributed by atoms with Crippen LogP contribution in [0, 0.1) is 22.7 Å². The van der Waals surface area contributed by atoms with Crippen molar-refractivity contribution in [3.05, 3.63) is 12.2 Å². The van der Waals surface area contributed by atoms with Gasteiger partial charge in [0.2, 0.25) is 0 Å². The molecule has 2 aliphatic carbocycles. The summed E-state index contributed by atoms with van der Waals surface area (Å²) in [6.07, 6.45) is 3.33. The molecule has 2 saturated carbocycles. The maximum atomic E-state index is 12.1. The molecule has 5 atom stereocenters. The van der Waals surface area contributed by atoms with Gasteiger partial charge in [0.05, 0.1) is 11.5 Å². The Morgan fingerprint density at radius 1 is 1.44 bits per heavy atom. The third-order valence-electron chi connectivity index (χ3n) is 6.08. The highest BCUT2D eigenvalue weighted by molar-refractivity contribution is 5.84. The van der Waals surface area contributed by atoms with Crippen LogP contribution in [0.3, 0.4) is 0 Å². The van der Waals surface area contributed by atoms with Crippen molar-refractivity contribution in [2.75, 3.05) is 6.61 Å². The predicted octanol–water partition coefficient (Wildman–Crippen LogP) is 2.29. The van der Waals surface area contributed by atoms with Gasteiger partial charge in [0.1, 0.15) is 6.61 Å². The lowest BCUT2D eigenvalue weighted by atomic mass is 9.62. The minimum atomic E-state index is -0.447. The van der Waals surface area contributed by atoms with Gasteiger partial charge in [-0.05, 0) is 48.5 Å². The number of aliphatic hydroxyl groups excluding tert-OH is 1. The molecule has 1 N–H and O–H groups in total. The Bertz CT molecular complexity index is 398. The van der Waals surface area contributed by atoms with Crippen molar-refractivity contribution in [3.63, 3.8) is 0 Å². The second kappa shape index (κ2) is 3.60. The molecule has 3 rings (SSSR count). The van der Waals surface area contributed by atoms with E-state index in [1.165, 1.54) is 0 Å². The Kier molecular flexibility index (Phi) is 2.44. The monoisotopic (exact) mass is 250 g/mol. The molecule has 3 nitrogen and oxygen atoms in total. The molecular weight excluding hydrogens is 228 g/mol. The number of esters is 1. The first-order valence-electron chi connectivity index (χ1n) is 6.94. The number of hydrogen-bond acceptors (Lipinski definition) is 3. The minimum Gasteiger partial charge on any atom is -0.460 e. The number of cyclic esters (lactones) is 1. The van der Waals surface area contributed by atoms with Crippen LogP contribution in [0.15, 0.2) is 12.2 Å². The molecule has 3 heteroatoms. The molecule has 1 spiro atoms. The van der Waals surface area contributed by atoms with Crippen LogP contribution in [0.2, 0.25) is 0 Å². The second-order valence-corrected chi connectivity index (χ2v) is 6.78. The number of carbonyl (C=O) groups is 1. The van der Waals surface area contributed by atoms with E-state index >= 15 is 0 Å². The Morgan fingerprint density at radius 3 is 2.78 bits per heavy atom. The highest BCUT2D eigenvalue weighted by Gasteiger charge is 2.63. The molecule has 1 aliphatic heterocycles. The summed E-state index contributed by atoms with van der Waals surface area (Å²) in [5, 5.41) is 10.1. The largest absolute Gasteiger partial charge is 0.460 e. The molecule has 18 heavy (non-hydrogen) atoms. The van der Waals surface area contributed by atoms with Crippen molar-refractivity contribution in [1.82, 2.24) is 0 Å². The summed E-state index contributed by atoms with van der Waals surface area (Å²) in [5.74, 6) is 0.680. The predicted molar refractivity (Wildman–Crippen MR) is 67.8 cm³/mol. The third-order valence-corrected chi connectivity index (χ3v) is 6.08. The molecule has 1 unspecified atom stereocenters. The average Bonchev–Trinajstić information content (AvgIpc) is 2.79. The van der Waals surface area contributed by atoms with Crippen LogP contribution in [-0.2, 0) is 9.53 Å². The summed E-state index contributed by atoms with van der Waals surface area (Å²) < 4.78 is 5.22. The molecule has 0 aromatic rings. The van der Waals surface area contributed by atoms with Crippen molar-refractivity contribution in [3.8, 4) is 0 Å². The first kappa shape index (κ1) is 12.2. The topological polar surface area (TPSA) is 46.5 Å². The molecular formula is C15H22O3. The molecule has 1 saturated heterocycles. The molecule has 0 aromatic carbocycles. The number of aliphatic hydroxyl groups is 1. The van der Waals surface area contributed by atoms with Crippen molar-refractivity contribution >= 4 is 5.97 Å². The highest BCUT2D eigenvalue weighted by atomic mass is 16.5. The molecule has 0 amide bonds. The van der Waals surface area contributed by atoms with E-state index < -0.39 is 5.41 Å². The first-order chi connectivity index (χ1) is 8.40. The minimum absolute atomic E-state index is 0.0456. The number of fused-ring (bicyclic) bond motifs is 1. The summed E-state index contributed by atoms with van der Waals surface area (Å²) in [5.41, 5.74) is 0.548. The van der Waals surface area contributed by atoms with E-state index in [2.05, 4.69) is 20.4 Å². The number of hydrogen-bond donors (Lipinski definition) is 1. The summed E-state index contributed by atoms with van der Waals surface area (Å²) in [7, 11) is 0. The standard InChI is InChI=1S/C15H22O3/c1-9-7-18-13(17)15(9)6-11-4-5-12(16)10(2)14(11,3)8-15/h10-12,16H,1,4-8H2,2-3H3/t10-,11+,12?,14+,15+/m0/s1. The first-order valence-corrected chi connectivity index (χ1v) is 6.94. The van der Waals surface area contributed by atoms with Gasteiger partial charge in [0.25, 0.3) is 0 Å². The van der Waals surface area contributed by atoms with E-state index in [1.807, 2.05) is 0 Å². The highest BCUT2D eigenvalue weighted by Crippen LogP contribution is 2.64. The maximum absolute atomic E-state index is 12.1. The SMILES string of the molecule is C=C1COC(=O)[C@@]12C[C@H]1CCC(O)[C@H](C)[C@@]1(C)C2. The van der Waals surface area contributed by atoms with Crippen LogP contribution in [0.1, 0.15) is 39.5 Å². The smallest absolute Gasteiger partial charge is 0.316 e. The lowest BCUT2D eigenvalue weighted by Crippen LogP contribution is -2.42. The average molecular weight is 250 g/mol. The van der Waals surface area contributed by atoms with E-state index in [0.29, 0.717) is 12.5 Å². The van der Waals surface area contributed by atoms with Crippen molar-refractivity contribution in [2.45, 2.75) is 45.6 Å². The van der Waals surface area contributed by atoms with Gasteiger partial charge in [-0.25, -0.2) is 0 Å². The second-order valence-electron chi connectivity index (χ2n) is 6.78. The Labute approximate surface area is 108 Å². The van der Waals surface area contributed by atoms with E-state index in [1.54, 1.807) is 0 Å². The van der Waals surface area contributed by atoms with Gasteiger partial charge < -0.3 is 9.84 Å². The van der Waals surface area contributed by atoms with E-state index in [4.69, 9.17) is 4.74 Å². The molecule has 0 bridgehead atoms. The van der Waals surface area contributed by atoms with Gasteiger partial charge in [-0.15, -0.1) is 0 Å². The quantitative estimate of drug-likeness (QED) is 0.530. The van der Waals surface area contributed by atoms with E-state index in [0.717, 1.165) is 31.3 Å². The van der Waals surface area contributed by atoms with Gasteiger partial charge in [0.15, 0.2) is 0 Å². The Morgan fingerprint density at radius 2 is 2.17 bits per heavy atom. The van der Waals surface area contributed by atoms with Crippen LogP contribution < -0.4 is 0 Å². The fourth-order valence-electron chi connectivity index (χ4n) is 4.54. The number of carbonyl (C=O) groups excluding carboxylic acids is 1. The van der Waals surface area contributed by atoms with Crippen molar-refractivity contribution in [2.24, 2.45) is 22.7 Å². The molecule has 0 radical (unpaired) electrons. The van der Waals surface area contributed by atoms with Gasteiger partial charge in [0, 0.05) is 0 Å². The molecule has 3 fully saturated rings. The third kappa shape index (κ3) is 1.31. The number of rotatable bonds is 0. The van der Waals surface area contributed by atoms with Crippen LogP contribution in [0.4, 0.5) is 0 Å². The summed E-state index contributed by atoms with van der Waals surface area (Å²) >= 11 is 0. The van der Waals surface area contributed by atoms with Crippen LogP contribution in [-0.4, -0.2) is 23.8 Å². The van der Waals surface area contributed by atoms with Gasteiger partial charge >= 0.3 is 5.97 Å². The van der Waals surface area contributed by atoms with Crippen LogP contribution in [0.25, 0.3) is 0 Å². The summed E-state index contributed by atoms with van der Waals surface area (Å²) in [4.78, 5) is 12.1. The van der Waals surface area contributed by atoms with Gasteiger partial charge in [-0.2, -0.15) is 0 Å². The zero-order valence-electron chi connectivity index (χ0n) is 11.2. The number of ether oxygens (including phenoxy) is 1. The van der Waals surface area contributed by atoms with Gasteiger partial charge in [-0.1, -0.05) is 20.4 Å². The molecule has 0 aromatic heterocycles. The molecule has 1 heterocycles. The zero-order chi connectivity index (χ0) is 13.1. The van der Waals surface area contributed by atoms with Crippen molar-refractivity contribution < 1.29 is 14.6 Å². The molecule has 3 aliphatic rings. The zero-order valence-corrected chi connectivity index (χ0v) is 11.2. The fourth-order valence-corrected chi connectivity index (χ4v) is 4.54. The van der Waals surface area contributed by atoms with Gasteiger partial charge in [-0.3, -0.25) is 4.79 Å². The fraction of sp³-hybridized carbons (Fsp3) is 0.800. The normalized spacial score (nSPS) is 51.6. The van der Waals surface area contributed by atoms with E-state index in [9.17, 15) is 9.90 Å². The summed E-state index contributed by atoms with van der Waals surface area (Å²) in [6, 6.07) is 0. The summed E-state index contributed by atoms with van der Waals surface area (Å²) in [6.45, 7) is 8.81. The lowest BCUT2D eigenvalue weighted by Gasteiger charge is -2.44. The molecule has 100 valence electrons. The Balaban J connectivity index is 1.98. The van der Waals surface area contributed by atoms with Crippen LogP contribution in [0.5, 0.6) is 0 Å². The lowest BCUT2D eigenvalue weighted by molar-refractivity contribution is -0.146. The van der Waals surface area contributed by atoms with Crippen LogP contribution >= 0.6 is 0 Å². The van der Waals surface area contributed by atoms with E-state index in [-0.39, 0.29) is 23.4 Å².